The maximum absolute atomic E-state index is 12.1. The Kier molecular flexibility index (Phi) is 4.62. The van der Waals surface area contributed by atoms with Gasteiger partial charge in [-0.05, 0) is 11.3 Å². The average molecular weight is 252 g/mol. The van der Waals surface area contributed by atoms with Crippen LogP contribution in [-0.2, 0) is 17.8 Å². The number of carbonyl (C=O) groups is 1. The first-order chi connectivity index (χ1) is 8.21. The van der Waals surface area contributed by atoms with Gasteiger partial charge in [0.1, 0.15) is 12.2 Å². The molecule has 0 spiro atoms. The fraction of sp³-hybridized carbons (Fsp3) is 0.769. The lowest BCUT2D eigenvalue weighted by Crippen LogP contribution is -2.43. The molecule has 0 aromatic carbocycles. The van der Waals surface area contributed by atoms with Crippen molar-refractivity contribution in [2.75, 3.05) is 0 Å². The Morgan fingerprint density at radius 3 is 2.56 bits per heavy atom. The van der Waals surface area contributed by atoms with Crippen molar-refractivity contribution in [2.45, 2.75) is 53.6 Å². The zero-order valence-electron chi connectivity index (χ0n) is 12.0. The molecule has 0 aliphatic heterocycles. The summed E-state index contributed by atoms with van der Waals surface area (Å²) in [6.07, 6.45) is 1.75. The van der Waals surface area contributed by atoms with Crippen molar-refractivity contribution in [1.29, 1.82) is 0 Å². The Morgan fingerprint density at radius 2 is 2.06 bits per heavy atom. The molecule has 1 aromatic rings. The van der Waals surface area contributed by atoms with E-state index in [4.69, 9.17) is 5.73 Å². The summed E-state index contributed by atoms with van der Waals surface area (Å²) in [6, 6.07) is -0.471. The summed E-state index contributed by atoms with van der Waals surface area (Å²) in [6.45, 7) is 10.9. The van der Waals surface area contributed by atoms with Crippen molar-refractivity contribution >= 4 is 5.78 Å². The van der Waals surface area contributed by atoms with E-state index in [0.717, 1.165) is 6.54 Å². The molecule has 0 aliphatic rings. The third kappa shape index (κ3) is 3.91. The maximum atomic E-state index is 12.1. The van der Waals surface area contributed by atoms with Crippen LogP contribution >= 0.6 is 0 Å². The predicted octanol–water partition coefficient (Wildman–Crippen LogP) is 1.42. The first-order valence-corrected chi connectivity index (χ1v) is 6.36. The Labute approximate surface area is 109 Å². The minimum absolute atomic E-state index is 0.0144. The lowest BCUT2D eigenvalue weighted by atomic mass is 9.84. The van der Waals surface area contributed by atoms with E-state index in [9.17, 15) is 4.79 Å². The molecular weight excluding hydrogens is 228 g/mol. The molecule has 0 aliphatic carbocycles. The molecule has 0 amide bonds. The minimum atomic E-state index is -0.471. The van der Waals surface area contributed by atoms with Gasteiger partial charge in [-0.3, -0.25) is 4.79 Å². The quantitative estimate of drug-likeness (QED) is 0.860. The summed E-state index contributed by atoms with van der Waals surface area (Å²) >= 11 is 0. The molecular formula is C13H24N4O. The van der Waals surface area contributed by atoms with Gasteiger partial charge < -0.3 is 5.73 Å². The summed E-state index contributed by atoms with van der Waals surface area (Å²) in [5.74, 6) is 1.19. The van der Waals surface area contributed by atoms with E-state index < -0.39 is 6.04 Å². The van der Waals surface area contributed by atoms with Crippen LogP contribution in [0, 0.1) is 11.3 Å². The predicted molar refractivity (Wildman–Crippen MR) is 71.0 cm³/mol. The van der Waals surface area contributed by atoms with Crippen LogP contribution in [0.1, 0.15) is 40.4 Å². The summed E-state index contributed by atoms with van der Waals surface area (Å²) < 4.78 is 1.79. The zero-order chi connectivity index (χ0) is 13.9. The molecule has 0 bridgehead atoms. The number of hydrogen-bond donors (Lipinski definition) is 1. The van der Waals surface area contributed by atoms with E-state index >= 15 is 0 Å². The lowest BCUT2D eigenvalue weighted by molar-refractivity contribution is -0.121. The van der Waals surface area contributed by atoms with Crippen molar-refractivity contribution in [3.63, 3.8) is 0 Å². The number of Topliss-reactive ketones (excluding diaryl/α,β-unsaturated/α-hetero) is 1. The second-order valence-electron chi connectivity index (χ2n) is 6.24. The Bertz CT molecular complexity index is 403. The molecule has 18 heavy (non-hydrogen) atoms. The van der Waals surface area contributed by atoms with Gasteiger partial charge in [0.25, 0.3) is 0 Å². The molecule has 102 valence electrons. The van der Waals surface area contributed by atoms with Gasteiger partial charge in [0.05, 0.1) is 12.5 Å². The molecule has 5 heteroatoms. The molecule has 0 saturated heterocycles. The molecule has 0 saturated carbocycles. The first-order valence-electron chi connectivity index (χ1n) is 6.36. The molecule has 0 fully saturated rings. The number of ketones is 1. The standard InChI is InChI=1S/C13H24N4O/c1-9(2)7-17-11(15-8-16-17)6-10(18)12(14)13(3,4)5/h8-9,12H,6-7,14H2,1-5H3. The number of carbonyl (C=O) groups excluding carboxylic acids is 1. The topological polar surface area (TPSA) is 73.8 Å². The van der Waals surface area contributed by atoms with Gasteiger partial charge in [-0.2, -0.15) is 5.10 Å². The molecule has 0 radical (unpaired) electrons. The van der Waals surface area contributed by atoms with Crippen LogP contribution in [0.2, 0.25) is 0 Å². The van der Waals surface area contributed by atoms with Gasteiger partial charge in [0.15, 0.2) is 5.78 Å². The Morgan fingerprint density at radius 1 is 1.44 bits per heavy atom. The van der Waals surface area contributed by atoms with Crippen LogP contribution in [0.5, 0.6) is 0 Å². The second kappa shape index (κ2) is 5.61. The molecule has 1 heterocycles. The van der Waals surface area contributed by atoms with Crippen LogP contribution in [0.3, 0.4) is 0 Å². The first kappa shape index (κ1) is 14.8. The number of hydrogen-bond acceptors (Lipinski definition) is 4. The lowest BCUT2D eigenvalue weighted by Gasteiger charge is -2.25. The highest BCUT2D eigenvalue weighted by molar-refractivity contribution is 5.86. The fourth-order valence-electron chi connectivity index (χ4n) is 1.67. The van der Waals surface area contributed by atoms with Crippen LogP contribution in [-0.4, -0.2) is 26.6 Å². The van der Waals surface area contributed by atoms with Crippen LogP contribution in [0.15, 0.2) is 6.33 Å². The summed E-state index contributed by atoms with van der Waals surface area (Å²) in [7, 11) is 0. The Hall–Kier alpha value is -1.23. The monoisotopic (exact) mass is 252 g/mol. The highest BCUT2D eigenvalue weighted by Crippen LogP contribution is 2.19. The van der Waals surface area contributed by atoms with E-state index in [1.54, 1.807) is 4.68 Å². The normalized spacial score (nSPS) is 13.9. The maximum Gasteiger partial charge on any atom is 0.157 e. The van der Waals surface area contributed by atoms with Crippen molar-refractivity contribution in [3.05, 3.63) is 12.2 Å². The van der Waals surface area contributed by atoms with Gasteiger partial charge in [-0.25, -0.2) is 9.67 Å². The summed E-state index contributed by atoms with van der Waals surface area (Å²) in [5.41, 5.74) is 5.73. The fourth-order valence-corrected chi connectivity index (χ4v) is 1.67. The number of aromatic nitrogens is 3. The third-order valence-corrected chi connectivity index (χ3v) is 2.85. The van der Waals surface area contributed by atoms with Crippen molar-refractivity contribution in [3.8, 4) is 0 Å². The van der Waals surface area contributed by atoms with E-state index in [0.29, 0.717) is 11.7 Å². The van der Waals surface area contributed by atoms with Crippen LogP contribution < -0.4 is 5.73 Å². The SMILES string of the molecule is CC(C)Cn1ncnc1CC(=O)C(N)C(C)(C)C. The van der Waals surface area contributed by atoms with Crippen molar-refractivity contribution in [1.82, 2.24) is 14.8 Å². The minimum Gasteiger partial charge on any atom is -0.321 e. The number of nitrogens with zero attached hydrogens (tertiary/aromatic N) is 3. The Balaban J connectivity index is 2.74. The average Bonchev–Trinajstić information content (AvgIpc) is 2.62. The molecule has 2 N–H and O–H groups in total. The molecule has 1 rings (SSSR count). The van der Waals surface area contributed by atoms with Crippen LogP contribution in [0.4, 0.5) is 0 Å². The van der Waals surface area contributed by atoms with Gasteiger partial charge in [0, 0.05) is 6.54 Å². The zero-order valence-corrected chi connectivity index (χ0v) is 12.0. The van der Waals surface area contributed by atoms with Crippen molar-refractivity contribution < 1.29 is 4.79 Å². The van der Waals surface area contributed by atoms with Gasteiger partial charge in [-0.1, -0.05) is 34.6 Å². The summed E-state index contributed by atoms with van der Waals surface area (Å²) in [4.78, 5) is 16.2. The molecule has 5 nitrogen and oxygen atoms in total. The summed E-state index contributed by atoms with van der Waals surface area (Å²) in [5, 5.41) is 4.14. The largest absolute Gasteiger partial charge is 0.321 e. The van der Waals surface area contributed by atoms with E-state index in [1.807, 2.05) is 20.8 Å². The molecule has 1 unspecified atom stereocenters. The van der Waals surface area contributed by atoms with E-state index in [2.05, 4.69) is 23.9 Å². The van der Waals surface area contributed by atoms with E-state index in [-0.39, 0.29) is 17.6 Å². The van der Waals surface area contributed by atoms with Crippen LogP contribution in [0.25, 0.3) is 0 Å². The van der Waals surface area contributed by atoms with E-state index in [1.165, 1.54) is 6.33 Å². The van der Waals surface area contributed by atoms with Gasteiger partial charge >= 0.3 is 0 Å². The molecule has 1 aromatic heterocycles. The van der Waals surface area contributed by atoms with Crippen molar-refractivity contribution in [2.24, 2.45) is 17.1 Å². The van der Waals surface area contributed by atoms with Gasteiger partial charge in [0.2, 0.25) is 0 Å². The second-order valence-corrected chi connectivity index (χ2v) is 6.24. The third-order valence-electron chi connectivity index (χ3n) is 2.85. The number of nitrogens with two attached hydrogens (primary N) is 1. The highest BCUT2D eigenvalue weighted by Gasteiger charge is 2.28. The smallest absolute Gasteiger partial charge is 0.157 e. The highest BCUT2D eigenvalue weighted by atomic mass is 16.1. The van der Waals surface area contributed by atoms with Gasteiger partial charge in [-0.15, -0.1) is 0 Å². The number of rotatable bonds is 5. The molecule has 1 atom stereocenters.